The van der Waals surface area contributed by atoms with Gasteiger partial charge in [0.2, 0.25) is 0 Å². The summed E-state index contributed by atoms with van der Waals surface area (Å²) in [6.45, 7) is 9.71. The van der Waals surface area contributed by atoms with Crippen LogP contribution in [0.4, 0.5) is 0 Å². The van der Waals surface area contributed by atoms with Crippen LogP contribution in [-0.4, -0.2) is 16.5 Å². The molecule has 1 rings (SSSR count). The van der Waals surface area contributed by atoms with Crippen LogP contribution in [0, 0.1) is 17.3 Å². The number of ketones is 1. The number of rotatable bonds is 4. The second-order valence-electron chi connectivity index (χ2n) is 5.96. The van der Waals surface area contributed by atoms with Crippen LogP contribution < -0.4 is 0 Å². The Labute approximate surface area is 86.7 Å². The Morgan fingerprint density at radius 2 is 1.86 bits per heavy atom. The van der Waals surface area contributed by atoms with Crippen molar-refractivity contribution in [1.82, 2.24) is 0 Å². The van der Waals surface area contributed by atoms with E-state index in [0.717, 1.165) is 6.42 Å². The van der Waals surface area contributed by atoms with E-state index < -0.39 is 5.60 Å². The minimum Gasteiger partial charge on any atom is -0.390 e. The highest BCUT2D eigenvalue weighted by atomic mass is 16.3. The lowest BCUT2D eigenvalue weighted by Gasteiger charge is -2.17. The van der Waals surface area contributed by atoms with Gasteiger partial charge in [0.15, 0.2) is 0 Å². The van der Waals surface area contributed by atoms with Crippen molar-refractivity contribution in [2.24, 2.45) is 17.3 Å². The van der Waals surface area contributed by atoms with Gasteiger partial charge in [-0.25, -0.2) is 0 Å². The highest BCUT2D eigenvalue weighted by Crippen LogP contribution is 2.62. The summed E-state index contributed by atoms with van der Waals surface area (Å²) in [4.78, 5) is 11.0. The van der Waals surface area contributed by atoms with Crippen LogP contribution in [-0.2, 0) is 4.79 Å². The molecule has 0 saturated heterocycles. The van der Waals surface area contributed by atoms with Gasteiger partial charge in [0.25, 0.3) is 0 Å². The lowest BCUT2D eigenvalue weighted by molar-refractivity contribution is -0.117. The van der Waals surface area contributed by atoms with Gasteiger partial charge in [-0.15, -0.1) is 0 Å². The Morgan fingerprint density at radius 1 is 1.36 bits per heavy atom. The average Bonchev–Trinajstić information content (AvgIpc) is 2.34. The third-order valence-corrected chi connectivity index (χ3v) is 3.51. The van der Waals surface area contributed by atoms with E-state index in [4.69, 9.17) is 0 Å². The monoisotopic (exact) mass is 198 g/mol. The molecule has 0 bridgehead atoms. The SMILES string of the molecule is CC(=O)C[C@@H]1[C@H](CC(C)(C)O)C1(C)C. The summed E-state index contributed by atoms with van der Waals surface area (Å²) in [6, 6.07) is 0. The maximum Gasteiger partial charge on any atom is 0.130 e. The fourth-order valence-corrected chi connectivity index (χ4v) is 2.52. The van der Waals surface area contributed by atoms with Crippen LogP contribution in [0.25, 0.3) is 0 Å². The number of hydrogen-bond acceptors (Lipinski definition) is 2. The molecular weight excluding hydrogens is 176 g/mol. The number of aliphatic hydroxyl groups is 1. The third-order valence-electron chi connectivity index (χ3n) is 3.51. The van der Waals surface area contributed by atoms with E-state index in [1.54, 1.807) is 6.92 Å². The third kappa shape index (κ3) is 2.57. The molecule has 1 aliphatic rings. The molecule has 0 aromatic heterocycles. The molecule has 1 fully saturated rings. The Morgan fingerprint density at radius 3 is 2.21 bits per heavy atom. The molecule has 0 amide bonds. The molecule has 0 aliphatic heterocycles. The molecule has 82 valence electrons. The molecule has 1 N–H and O–H groups in total. The first-order chi connectivity index (χ1) is 6.14. The average molecular weight is 198 g/mol. The molecule has 2 nitrogen and oxygen atoms in total. The predicted octanol–water partition coefficient (Wildman–Crippen LogP) is 2.40. The summed E-state index contributed by atoms with van der Waals surface area (Å²) in [5.74, 6) is 1.25. The Balaban J connectivity index is 2.53. The van der Waals surface area contributed by atoms with Gasteiger partial charge in [-0.2, -0.15) is 0 Å². The first kappa shape index (κ1) is 11.7. The zero-order valence-corrected chi connectivity index (χ0v) is 9.92. The molecule has 2 heteroatoms. The largest absolute Gasteiger partial charge is 0.390 e. The van der Waals surface area contributed by atoms with Gasteiger partial charge in [0.1, 0.15) is 5.78 Å². The second kappa shape index (κ2) is 3.34. The van der Waals surface area contributed by atoms with Crippen LogP contribution in [0.3, 0.4) is 0 Å². The van der Waals surface area contributed by atoms with Crippen molar-refractivity contribution in [3.63, 3.8) is 0 Å². The number of carbonyl (C=O) groups excluding carboxylic acids is 1. The maximum absolute atomic E-state index is 11.0. The van der Waals surface area contributed by atoms with Crippen LogP contribution in [0.15, 0.2) is 0 Å². The molecule has 14 heavy (non-hydrogen) atoms. The van der Waals surface area contributed by atoms with E-state index in [0.29, 0.717) is 18.3 Å². The lowest BCUT2D eigenvalue weighted by Crippen LogP contribution is -2.20. The quantitative estimate of drug-likeness (QED) is 0.753. The maximum atomic E-state index is 11.0. The summed E-state index contributed by atoms with van der Waals surface area (Å²) in [5, 5.41) is 9.73. The van der Waals surface area contributed by atoms with Crippen molar-refractivity contribution in [1.29, 1.82) is 0 Å². The molecule has 1 saturated carbocycles. The molecule has 2 atom stereocenters. The second-order valence-corrected chi connectivity index (χ2v) is 5.96. The minimum absolute atomic E-state index is 0.242. The molecule has 0 heterocycles. The molecule has 0 aromatic rings. The zero-order chi connectivity index (χ0) is 11.1. The van der Waals surface area contributed by atoms with Crippen molar-refractivity contribution in [2.75, 3.05) is 0 Å². The van der Waals surface area contributed by atoms with Crippen LogP contribution >= 0.6 is 0 Å². The number of carbonyl (C=O) groups is 1. The first-order valence-electron chi connectivity index (χ1n) is 5.36. The van der Waals surface area contributed by atoms with Gasteiger partial charge in [-0.3, -0.25) is 0 Å². The molecular formula is C12H22O2. The number of Topliss-reactive ketones (excluding diaryl/α,β-unsaturated/α-hetero) is 1. The summed E-state index contributed by atoms with van der Waals surface area (Å²) in [7, 11) is 0. The standard InChI is InChI=1S/C12H22O2/c1-8(13)6-9-10(12(9,4)5)7-11(2,3)14/h9-10,14H,6-7H2,1-5H3/t9-,10+/m1/s1. The molecule has 1 aliphatic carbocycles. The van der Waals surface area contributed by atoms with Gasteiger partial charge in [-0.05, 0) is 44.4 Å². The predicted molar refractivity (Wildman–Crippen MR) is 57.0 cm³/mol. The minimum atomic E-state index is -0.604. The fourth-order valence-electron chi connectivity index (χ4n) is 2.52. The Kier molecular flexibility index (Phi) is 2.79. The normalized spacial score (nSPS) is 30.1. The highest BCUT2D eigenvalue weighted by Gasteiger charge is 2.58. The summed E-state index contributed by atoms with van der Waals surface area (Å²) in [5.41, 5.74) is -0.362. The van der Waals surface area contributed by atoms with Crippen molar-refractivity contribution < 1.29 is 9.90 Å². The molecule has 0 unspecified atom stereocenters. The van der Waals surface area contributed by atoms with Crippen LogP contribution in [0.2, 0.25) is 0 Å². The number of hydrogen-bond donors (Lipinski definition) is 1. The highest BCUT2D eigenvalue weighted by molar-refractivity contribution is 5.76. The van der Waals surface area contributed by atoms with Gasteiger partial charge in [-0.1, -0.05) is 13.8 Å². The Bertz CT molecular complexity index is 235. The van der Waals surface area contributed by atoms with Gasteiger partial charge in [0, 0.05) is 6.42 Å². The van der Waals surface area contributed by atoms with Crippen molar-refractivity contribution in [3.8, 4) is 0 Å². The summed E-state index contributed by atoms with van der Waals surface area (Å²) >= 11 is 0. The molecule has 0 radical (unpaired) electrons. The van der Waals surface area contributed by atoms with Crippen LogP contribution in [0.5, 0.6) is 0 Å². The van der Waals surface area contributed by atoms with Gasteiger partial charge < -0.3 is 9.90 Å². The summed E-state index contributed by atoms with van der Waals surface area (Å²) in [6.07, 6.45) is 1.48. The zero-order valence-electron chi connectivity index (χ0n) is 9.92. The molecule has 0 aromatic carbocycles. The van der Waals surface area contributed by atoms with E-state index in [-0.39, 0.29) is 11.2 Å². The lowest BCUT2D eigenvalue weighted by atomic mass is 9.97. The fraction of sp³-hybridized carbons (Fsp3) is 0.917. The van der Waals surface area contributed by atoms with E-state index >= 15 is 0 Å². The van der Waals surface area contributed by atoms with E-state index in [9.17, 15) is 9.90 Å². The van der Waals surface area contributed by atoms with Crippen molar-refractivity contribution >= 4 is 5.78 Å². The first-order valence-corrected chi connectivity index (χ1v) is 5.36. The molecule has 0 spiro atoms. The van der Waals surface area contributed by atoms with Gasteiger partial charge >= 0.3 is 0 Å². The van der Waals surface area contributed by atoms with Crippen molar-refractivity contribution in [3.05, 3.63) is 0 Å². The van der Waals surface area contributed by atoms with Crippen LogP contribution in [0.1, 0.15) is 47.5 Å². The van der Waals surface area contributed by atoms with E-state index in [1.807, 2.05) is 13.8 Å². The Hall–Kier alpha value is -0.370. The van der Waals surface area contributed by atoms with Gasteiger partial charge in [0.05, 0.1) is 5.60 Å². The topological polar surface area (TPSA) is 37.3 Å². The summed E-state index contributed by atoms with van der Waals surface area (Å²) < 4.78 is 0. The smallest absolute Gasteiger partial charge is 0.130 e. The van der Waals surface area contributed by atoms with Crippen molar-refractivity contribution in [2.45, 2.75) is 53.1 Å². The van der Waals surface area contributed by atoms with E-state index in [1.165, 1.54) is 0 Å². The van der Waals surface area contributed by atoms with E-state index in [2.05, 4.69) is 13.8 Å².